The summed E-state index contributed by atoms with van der Waals surface area (Å²) in [5.41, 5.74) is 5.99. The zero-order chi connectivity index (χ0) is 13.8. The van der Waals surface area contributed by atoms with E-state index in [1.165, 1.54) is 25.9 Å². The number of likely N-dealkylation sites (tertiary alicyclic amines) is 2. The summed E-state index contributed by atoms with van der Waals surface area (Å²) in [6.07, 6.45) is 5.29. The monoisotopic (exact) mass is 269 g/mol. The highest BCUT2D eigenvalue weighted by Crippen LogP contribution is 2.26. The Morgan fingerprint density at radius 1 is 1.16 bits per heavy atom. The zero-order valence-corrected chi connectivity index (χ0v) is 12.8. The molecule has 2 N–H and O–H groups in total. The first-order valence-corrected chi connectivity index (χ1v) is 7.88. The van der Waals surface area contributed by atoms with Crippen molar-refractivity contribution in [1.29, 1.82) is 0 Å². The van der Waals surface area contributed by atoms with Crippen LogP contribution in [0.25, 0.3) is 0 Å². The molecule has 4 nitrogen and oxygen atoms in total. The molecule has 2 unspecified atom stereocenters. The molecule has 0 bridgehead atoms. The summed E-state index contributed by atoms with van der Waals surface area (Å²) in [5.74, 6) is 0. The second kappa shape index (κ2) is 7.02. The van der Waals surface area contributed by atoms with E-state index < -0.39 is 0 Å². The number of methoxy groups -OCH3 is 1. The first-order valence-electron chi connectivity index (χ1n) is 7.88. The lowest BCUT2D eigenvalue weighted by Gasteiger charge is -2.46. The van der Waals surface area contributed by atoms with Crippen LogP contribution < -0.4 is 5.73 Å². The number of nitrogens with zero attached hydrogens (tertiary/aromatic N) is 2. The van der Waals surface area contributed by atoms with Gasteiger partial charge in [0.25, 0.3) is 0 Å². The summed E-state index contributed by atoms with van der Waals surface area (Å²) in [7, 11) is 1.83. The lowest BCUT2D eigenvalue weighted by Crippen LogP contribution is -2.56. The van der Waals surface area contributed by atoms with Gasteiger partial charge in [0.05, 0.1) is 6.10 Å². The maximum atomic E-state index is 5.99. The fraction of sp³-hybridized carbons (Fsp3) is 1.00. The lowest BCUT2D eigenvalue weighted by atomic mass is 9.93. The predicted octanol–water partition coefficient (Wildman–Crippen LogP) is 1.30. The van der Waals surface area contributed by atoms with E-state index in [1.807, 2.05) is 7.11 Å². The fourth-order valence-electron chi connectivity index (χ4n) is 3.69. The third kappa shape index (κ3) is 3.69. The van der Waals surface area contributed by atoms with Crippen molar-refractivity contribution in [2.24, 2.45) is 5.73 Å². The van der Waals surface area contributed by atoms with Crippen LogP contribution in [-0.4, -0.2) is 67.3 Å². The molecule has 0 saturated carbocycles. The molecular weight excluding hydrogens is 238 g/mol. The molecule has 2 heterocycles. The maximum Gasteiger partial charge on any atom is 0.0599 e. The summed E-state index contributed by atoms with van der Waals surface area (Å²) >= 11 is 0. The largest absolute Gasteiger partial charge is 0.381 e. The summed E-state index contributed by atoms with van der Waals surface area (Å²) < 4.78 is 5.52. The lowest BCUT2D eigenvalue weighted by molar-refractivity contribution is -0.0188. The highest BCUT2D eigenvalue weighted by atomic mass is 16.5. The minimum Gasteiger partial charge on any atom is -0.381 e. The molecule has 2 fully saturated rings. The number of piperidine rings is 2. The van der Waals surface area contributed by atoms with Gasteiger partial charge in [0.15, 0.2) is 0 Å². The first kappa shape index (κ1) is 15.2. The van der Waals surface area contributed by atoms with Crippen LogP contribution in [0.15, 0.2) is 0 Å². The van der Waals surface area contributed by atoms with Gasteiger partial charge in [0, 0.05) is 38.3 Å². The summed E-state index contributed by atoms with van der Waals surface area (Å²) in [5, 5.41) is 0. The first-order chi connectivity index (χ1) is 9.15. The molecule has 112 valence electrons. The van der Waals surface area contributed by atoms with Crippen molar-refractivity contribution in [2.75, 3.05) is 33.3 Å². The van der Waals surface area contributed by atoms with Gasteiger partial charge in [-0.3, -0.25) is 4.90 Å². The molecule has 0 aromatic rings. The molecule has 0 amide bonds. The Balaban J connectivity index is 1.88. The molecule has 0 aromatic carbocycles. The highest BCUT2D eigenvalue weighted by Gasteiger charge is 2.34. The average molecular weight is 269 g/mol. The van der Waals surface area contributed by atoms with Crippen LogP contribution in [0.1, 0.15) is 39.5 Å². The molecular formula is C15H31N3O. The van der Waals surface area contributed by atoms with Gasteiger partial charge >= 0.3 is 0 Å². The quantitative estimate of drug-likeness (QED) is 0.835. The third-order valence-corrected chi connectivity index (χ3v) is 5.02. The Morgan fingerprint density at radius 2 is 1.84 bits per heavy atom. The van der Waals surface area contributed by atoms with E-state index in [2.05, 4.69) is 23.6 Å². The molecule has 0 radical (unpaired) electrons. The van der Waals surface area contributed by atoms with Crippen molar-refractivity contribution >= 4 is 0 Å². The van der Waals surface area contributed by atoms with Crippen molar-refractivity contribution in [3.63, 3.8) is 0 Å². The van der Waals surface area contributed by atoms with E-state index >= 15 is 0 Å². The Bertz CT molecular complexity index is 264. The minimum absolute atomic E-state index is 0.417. The third-order valence-electron chi connectivity index (χ3n) is 5.02. The van der Waals surface area contributed by atoms with Crippen LogP contribution in [-0.2, 0) is 4.74 Å². The fourth-order valence-corrected chi connectivity index (χ4v) is 3.69. The highest BCUT2D eigenvalue weighted by molar-refractivity contribution is 4.90. The van der Waals surface area contributed by atoms with E-state index in [-0.39, 0.29) is 0 Å². The predicted molar refractivity (Wildman–Crippen MR) is 79.3 cm³/mol. The molecule has 2 aliphatic heterocycles. The van der Waals surface area contributed by atoms with E-state index in [0.717, 1.165) is 32.0 Å². The molecule has 2 aliphatic rings. The van der Waals surface area contributed by atoms with Gasteiger partial charge < -0.3 is 15.4 Å². The SMILES string of the molecule is COC1CCN(C2CCN(C(C)C)CC2)C(CN)C1. The standard InChI is InChI=1S/C15H31N3O/c1-12(2)17-7-4-13(5-8-17)18-9-6-15(19-3)10-14(18)11-16/h12-15H,4-11,16H2,1-3H3. The average Bonchev–Trinajstić information content (AvgIpc) is 2.46. The van der Waals surface area contributed by atoms with Gasteiger partial charge in [-0.2, -0.15) is 0 Å². The van der Waals surface area contributed by atoms with Crippen LogP contribution in [0.2, 0.25) is 0 Å². The van der Waals surface area contributed by atoms with Crippen LogP contribution in [0.5, 0.6) is 0 Å². The van der Waals surface area contributed by atoms with Crippen LogP contribution in [0, 0.1) is 0 Å². The van der Waals surface area contributed by atoms with Crippen LogP contribution in [0.3, 0.4) is 0 Å². The molecule has 2 rings (SSSR count). The summed E-state index contributed by atoms with van der Waals surface area (Å²) in [6, 6.07) is 1.95. The van der Waals surface area contributed by atoms with Crippen molar-refractivity contribution in [3.8, 4) is 0 Å². The maximum absolute atomic E-state index is 5.99. The summed E-state index contributed by atoms with van der Waals surface area (Å²) in [6.45, 7) is 9.00. The molecule has 0 aromatic heterocycles. The van der Waals surface area contributed by atoms with E-state index in [9.17, 15) is 0 Å². The Morgan fingerprint density at radius 3 is 2.37 bits per heavy atom. The number of nitrogens with two attached hydrogens (primary N) is 1. The second-order valence-electron chi connectivity index (χ2n) is 6.37. The van der Waals surface area contributed by atoms with Gasteiger partial charge in [0.1, 0.15) is 0 Å². The molecule has 4 heteroatoms. The molecule has 0 spiro atoms. The summed E-state index contributed by atoms with van der Waals surface area (Å²) in [4.78, 5) is 5.27. The number of hydrogen-bond acceptors (Lipinski definition) is 4. The van der Waals surface area contributed by atoms with Crippen molar-refractivity contribution in [1.82, 2.24) is 9.80 Å². The number of rotatable bonds is 4. The van der Waals surface area contributed by atoms with Gasteiger partial charge in [-0.25, -0.2) is 0 Å². The normalized spacial score (nSPS) is 32.1. The van der Waals surface area contributed by atoms with Crippen LogP contribution >= 0.6 is 0 Å². The van der Waals surface area contributed by atoms with Gasteiger partial charge in [-0.15, -0.1) is 0 Å². The van der Waals surface area contributed by atoms with E-state index in [4.69, 9.17) is 10.5 Å². The second-order valence-corrected chi connectivity index (χ2v) is 6.37. The van der Waals surface area contributed by atoms with Crippen molar-refractivity contribution < 1.29 is 4.74 Å². The Labute approximate surface area is 118 Å². The Kier molecular flexibility index (Phi) is 5.63. The zero-order valence-electron chi connectivity index (χ0n) is 12.8. The number of hydrogen-bond donors (Lipinski definition) is 1. The van der Waals surface area contributed by atoms with Crippen molar-refractivity contribution in [3.05, 3.63) is 0 Å². The van der Waals surface area contributed by atoms with Gasteiger partial charge in [0.2, 0.25) is 0 Å². The smallest absolute Gasteiger partial charge is 0.0599 e. The van der Waals surface area contributed by atoms with Gasteiger partial charge in [-0.05, 0) is 52.6 Å². The van der Waals surface area contributed by atoms with Gasteiger partial charge in [-0.1, -0.05) is 0 Å². The topological polar surface area (TPSA) is 41.7 Å². The van der Waals surface area contributed by atoms with Crippen LogP contribution in [0.4, 0.5) is 0 Å². The molecule has 19 heavy (non-hydrogen) atoms. The Hall–Kier alpha value is -0.160. The molecule has 0 aliphatic carbocycles. The minimum atomic E-state index is 0.417. The number of ether oxygens (including phenoxy) is 1. The van der Waals surface area contributed by atoms with E-state index in [1.54, 1.807) is 0 Å². The molecule has 2 atom stereocenters. The van der Waals surface area contributed by atoms with Crippen molar-refractivity contribution in [2.45, 2.75) is 63.8 Å². The van der Waals surface area contributed by atoms with E-state index in [0.29, 0.717) is 18.2 Å². The molecule has 2 saturated heterocycles.